The molecule has 1 aliphatic heterocycles. The first-order valence-corrected chi connectivity index (χ1v) is 10.1. The Morgan fingerprint density at radius 3 is 2.57 bits per heavy atom. The van der Waals surface area contributed by atoms with Crippen LogP contribution in [0, 0.1) is 12.8 Å². The average Bonchev–Trinajstić information content (AvgIpc) is 3.06. The lowest BCUT2D eigenvalue weighted by Crippen LogP contribution is -2.43. The first kappa shape index (κ1) is 19.2. The molecule has 1 saturated carbocycles. The fourth-order valence-corrected chi connectivity index (χ4v) is 4.55. The predicted octanol–water partition coefficient (Wildman–Crippen LogP) is 4.34. The minimum atomic E-state index is -4.51. The molecule has 2 aliphatic rings. The predicted molar refractivity (Wildman–Crippen MR) is 97.9 cm³/mol. The molecule has 5 nitrogen and oxygen atoms in total. The van der Waals surface area contributed by atoms with Crippen LogP contribution in [0.3, 0.4) is 0 Å². The zero-order valence-corrected chi connectivity index (χ0v) is 16.0. The summed E-state index contributed by atoms with van der Waals surface area (Å²) in [6.45, 7) is 2.79. The number of carbonyl (C=O) groups is 1. The molecule has 28 heavy (non-hydrogen) atoms. The summed E-state index contributed by atoms with van der Waals surface area (Å²) in [5.74, 6) is 0.0653. The highest BCUT2D eigenvalue weighted by atomic mass is 19.4. The number of hydrogen-bond acceptors (Lipinski definition) is 3. The third-order valence-corrected chi connectivity index (χ3v) is 5.97. The van der Waals surface area contributed by atoms with Crippen LogP contribution in [0.4, 0.5) is 13.2 Å². The second-order valence-corrected chi connectivity index (χ2v) is 8.08. The van der Waals surface area contributed by atoms with Crippen molar-refractivity contribution in [2.75, 3.05) is 13.1 Å². The molecule has 0 aromatic carbocycles. The maximum absolute atomic E-state index is 13.6. The first-order chi connectivity index (χ1) is 13.3. The van der Waals surface area contributed by atoms with Gasteiger partial charge in [-0.3, -0.25) is 4.79 Å². The Hall–Kier alpha value is -2.12. The standard InChI is InChI=1S/C20H25F3N4O/c1-13-10-18-24-16(11-17(20(21,22)23)27(18)25-13)15-8-5-9-26(12-15)19(28)14-6-3-2-4-7-14/h10-11,14-15H,2-9,12H2,1H3/t15-/m0/s1. The lowest BCUT2D eigenvalue weighted by molar-refractivity contribution is -0.143. The molecule has 1 amide bonds. The SMILES string of the molecule is Cc1cc2nc([C@H]3CCCN(C(=O)C4CCCCC4)C3)cc(C(F)(F)F)n2n1. The number of alkyl halides is 3. The summed E-state index contributed by atoms with van der Waals surface area (Å²) in [5.41, 5.74) is 0.295. The molecule has 0 N–H and O–H groups in total. The fourth-order valence-electron chi connectivity index (χ4n) is 4.55. The molecular formula is C20H25F3N4O. The highest BCUT2D eigenvalue weighted by Gasteiger charge is 2.37. The Bertz CT molecular complexity index is 870. The van der Waals surface area contributed by atoms with Gasteiger partial charge in [-0.05, 0) is 38.7 Å². The summed E-state index contributed by atoms with van der Waals surface area (Å²) in [6, 6.07) is 2.67. The highest BCUT2D eigenvalue weighted by molar-refractivity contribution is 5.79. The monoisotopic (exact) mass is 394 g/mol. The van der Waals surface area contributed by atoms with E-state index in [1.54, 1.807) is 13.0 Å². The van der Waals surface area contributed by atoms with Crippen molar-refractivity contribution in [3.05, 3.63) is 29.2 Å². The number of amides is 1. The highest BCUT2D eigenvalue weighted by Crippen LogP contribution is 2.34. The molecule has 0 unspecified atom stereocenters. The van der Waals surface area contributed by atoms with Gasteiger partial charge in [0.2, 0.25) is 5.91 Å². The molecule has 1 aliphatic carbocycles. The van der Waals surface area contributed by atoms with Gasteiger partial charge in [0.25, 0.3) is 0 Å². The number of halogens is 3. The number of rotatable bonds is 2. The number of aromatic nitrogens is 3. The van der Waals surface area contributed by atoms with E-state index in [0.29, 0.717) is 24.5 Å². The summed E-state index contributed by atoms with van der Waals surface area (Å²) < 4.78 is 41.6. The van der Waals surface area contributed by atoms with E-state index in [9.17, 15) is 18.0 Å². The Balaban J connectivity index is 1.61. The molecule has 2 fully saturated rings. The molecule has 1 atom stereocenters. The van der Waals surface area contributed by atoms with Crippen molar-refractivity contribution < 1.29 is 18.0 Å². The van der Waals surface area contributed by atoms with Gasteiger partial charge in [0.1, 0.15) is 5.69 Å². The maximum Gasteiger partial charge on any atom is 0.433 e. The van der Waals surface area contributed by atoms with Gasteiger partial charge >= 0.3 is 6.18 Å². The van der Waals surface area contributed by atoms with E-state index < -0.39 is 11.9 Å². The van der Waals surface area contributed by atoms with E-state index in [-0.39, 0.29) is 23.4 Å². The molecule has 0 radical (unpaired) electrons. The van der Waals surface area contributed by atoms with Crippen LogP contribution in [-0.2, 0) is 11.0 Å². The van der Waals surface area contributed by atoms with E-state index >= 15 is 0 Å². The molecule has 1 saturated heterocycles. The zero-order chi connectivity index (χ0) is 19.9. The minimum Gasteiger partial charge on any atom is -0.342 e. The van der Waals surface area contributed by atoms with Crippen molar-refractivity contribution in [1.29, 1.82) is 0 Å². The van der Waals surface area contributed by atoms with E-state index in [1.807, 2.05) is 4.90 Å². The quantitative estimate of drug-likeness (QED) is 0.761. The normalized spacial score (nSPS) is 22.0. The van der Waals surface area contributed by atoms with Gasteiger partial charge in [-0.15, -0.1) is 0 Å². The number of hydrogen-bond donors (Lipinski definition) is 0. The lowest BCUT2D eigenvalue weighted by Gasteiger charge is -2.35. The van der Waals surface area contributed by atoms with Gasteiger partial charge in [-0.1, -0.05) is 19.3 Å². The van der Waals surface area contributed by atoms with Crippen LogP contribution in [0.2, 0.25) is 0 Å². The van der Waals surface area contributed by atoms with Gasteiger partial charge in [0.15, 0.2) is 5.65 Å². The molecule has 152 valence electrons. The molecule has 4 rings (SSSR count). The Labute approximate surface area is 161 Å². The number of fused-ring (bicyclic) bond motifs is 1. The molecular weight excluding hydrogens is 369 g/mol. The van der Waals surface area contributed by atoms with Crippen LogP contribution in [-0.4, -0.2) is 38.5 Å². The summed E-state index contributed by atoms with van der Waals surface area (Å²) in [7, 11) is 0. The molecule has 2 aromatic rings. The van der Waals surface area contributed by atoms with Crippen molar-refractivity contribution in [1.82, 2.24) is 19.5 Å². The number of nitrogens with zero attached hydrogens (tertiary/aromatic N) is 4. The second-order valence-electron chi connectivity index (χ2n) is 8.08. The van der Waals surface area contributed by atoms with Crippen molar-refractivity contribution in [2.24, 2.45) is 5.92 Å². The zero-order valence-electron chi connectivity index (χ0n) is 16.0. The molecule has 0 bridgehead atoms. The van der Waals surface area contributed by atoms with Gasteiger partial charge in [-0.2, -0.15) is 18.3 Å². The van der Waals surface area contributed by atoms with Gasteiger partial charge in [-0.25, -0.2) is 9.50 Å². The summed E-state index contributed by atoms with van der Waals surface area (Å²) >= 11 is 0. The molecule has 3 heterocycles. The molecule has 0 spiro atoms. The van der Waals surface area contributed by atoms with Crippen LogP contribution >= 0.6 is 0 Å². The smallest absolute Gasteiger partial charge is 0.342 e. The Morgan fingerprint density at radius 2 is 1.86 bits per heavy atom. The van der Waals surface area contributed by atoms with Crippen LogP contribution in [0.5, 0.6) is 0 Å². The van der Waals surface area contributed by atoms with Crippen LogP contribution in [0.25, 0.3) is 5.65 Å². The molecule has 8 heteroatoms. The second kappa shape index (κ2) is 7.37. The summed E-state index contributed by atoms with van der Waals surface area (Å²) in [5, 5.41) is 3.94. The van der Waals surface area contributed by atoms with E-state index in [2.05, 4.69) is 10.1 Å². The lowest BCUT2D eigenvalue weighted by atomic mass is 9.86. The van der Waals surface area contributed by atoms with Crippen molar-refractivity contribution >= 4 is 11.6 Å². The number of carbonyl (C=O) groups excluding carboxylic acids is 1. The minimum absolute atomic E-state index is 0.0751. The summed E-state index contributed by atoms with van der Waals surface area (Å²) in [6.07, 6.45) is 2.22. The van der Waals surface area contributed by atoms with Crippen molar-refractivity contribution in [2.45, 2.75) is 64.0 Å². The van der Waals surface area contributed by atoms with E-state index in [1.165, 1.54) is 6.42 Å². The van der Waals surface area contributed by atoms with Crippen LogP contribution in [0.15, 0.2) is 12.1 Å². The van der Waals surface area contributed by atoms with Crippen LogP contribution < -0.4 is 0 Å². The average molecular weight is 394 g/mol. The number of piperidine rings is 1. The third-order valence-electron chi connectivity index (χ3n) is 5.97. The largest absolute Gasteiger partial charge is 0.433 e. The summed E-state index contributed by atoms with van der Waals surface area (Å²) in [4.78, 5) is 19.2. The molecule has 2 aromatic heterocycles. The Morgan fingerprint density at radius 1 is 1.11 bits per heavy atom. The fraction of sp³-hybridized carbons (Fsp3) is 0.650. The van der Waals surface area contributed by atoms with Gasteiger partial charge in [0, 0.05) is 36.7 Å². The van der Waals surface area contributed by atoms with Crippen molar-refractivity contribution in [3.8, 4) is 0 Å². The van der Waals surface area contributed by atoms with E-state index in [4.69, 9.17) is 0 Å². The van der Waals surface area contributed by atoms with E-state index in [0.717, 1.165) is 49.1 Å². The maximum atomic E-state index is 13.6. The van der Waals surface area contributed by atoms with Gasteiger partial charge in [0.05, 0.1) is 5.69 Å². The first-order valence-electron chi connectivity index (χ1n) is 10.1. The van der Waals surface area contributed by atoms with Gasteiger partial charge < -0.3 is 4.90 Å². The topological polar surface area (TPSA) is 50.5 Å². The Kier molecular flexibility index (Phi) is 5.05. The number of likely N-dealkylation sites (tertiary alicyclic amines) is 1. The third kappa shape index (κ3) is 3.73. The number of aryl methyl sites for hydroxylation is 1. The van der Waals surface area contributed by atoms with Crippen LogP contribution in [0.1, 0.15) is 67.9 Å². The van der Waals surface area contributed by atoms with Crippen molar-refractivity contribution in [3.63, 3.8) is 0 Å².